The van der Waals surface area contributed by atoms with Crippen LogP contribution in [0.15, 0.2) is 65.0 Å². The van der Waals surface area contributed by atoms with Crippen LogP contribution < -0.4 is 10.6 Å². The summed E-state index contributed by atoms with van der Waals surface area (Å²) in [6, 6.07) is 6.49. The Balaban J connectivity index is 2.17. The Bertz CT molecular complexity index is 712. The number of nitrogens with zero attached hydrogens (tertiary/aromatic N) is 1. The van der Waals surface area contributed by atoms with Crippen LogP contribution >= 0.6 is 0 Å². The predicted octanol–water partition coefficient (Wildman–Crippen LogP) is 4.68. The van der Waals surface area contributed by atoms with Gasteiger partial charge in [-0.2, -0.15) is 0 Å². The molecule has 1 atom stereocenters. The predicted molar refractivity (Wildman–Crippen MR) is 104 cm³/mol. The number of aliphatic imine (C=N–C) groups is 1. The van der Waals surface area contributed by atoms with Gasteiger partial charge in [0, 0.05) is 30.0 Å². The first-order chi connectivity index (χ1) is 12.5. The van der Waals surface area contributed by atoms with Gasteiger partial charge in [0.25, 0.3) is 5.92 Å². The maximum absolute atomic E-state index is 13.5. The lowest BCUT2D eigenvalue weighted by Crippen LogP contribution is -2.32. The maximum atomic E-state index is 13.5. The molecule has 0 spiro atoms. The van der Waals surface area contributed by atoms with Crippen molar-refractivity contribution in [2.75, 3.05) is 7.05 Å². The average Bonchev–Trinajstić information content (AvgIpc) is 2.62. The summed E-state index contributed by atoms with van der Waals surface area (Å²) < 4.78 is 26.9. The van der Waals surface area contributed by atoms with E-state index in [9.17, 15) is 8.78 Å². The van der Waals surface area contributed by atoms with Crippen LogP contribution in [0.25, 0.3) is 0 Å². The highest BCUT2D eigenvalue weighted by molar-refractivity contribution is 5.83. The van der Waals surface area contributed by atoms with Crippen LogP contribution in [0.3, 0.4) is 0 Å². The van der Waals surface area contributed by atoms with E-state index >= 15 is 0 Å². The Morgan fingerprint density at radius 3 is 2.85 bits per heavy atom. The molecule has 2 rings (SSSR count). The molecule has 0 amide bonds. The van der Waals surface area contributed by atoms with Crippen LogP contribution in [-0.2, 0) is 12.5 Å². The second kappa shape index (κ2) is 9.43. The minimum atomic E-state index is -2.84. The Hall–Kier alpha value is -2.27. The molecule has 3 nitrogen and oxygen atoms in total. The quantitative estimate of drug-likeness (QED) is 0.661. The summed E-state index contributed by atoms with van der Waals surface area (Å²) in [6.07, 6.45) is 12.1. The number of hydrogen-bond acceptors (Lipinski definition) is 3. The van der Waals surface area contributed by atoms with Crippen LogP contribution in [0.2, 0.25) is 0 Å². The zero-order valence-electron chi connectivity index (χ0n) is 15.6. The van der Waals surface area contributed by atoms with Crippen molar-refractivity contribution in [3.63, 3.8) is 0 Å². The van der Waals surface area contributed by atoms with Gasteiger partial charge in [-0.3, -0.25) is 4.99 Å². The Morgan fingerprint density at radius 1 is 1.35 bits per heavy atom. The third-order valence-electron chi connectivity index (χ3n) is 4.16. The van der Waals surface area contributed by atoms with E-state index in [1.807, 2.05) is 31.6 Å². The molecule has 1 unspecified atom stereocenters. The molecule has 1 aromatic carbocycles. The lowest BCUT2D eigenvalue weighted by Gasteiger charge is -2.21. The van der Waals surface area contributed by atoms with Crippen LogP contribution in [-0.4, -0.2) is 19.3 Å². The van der Waals surface area contributed by atoms with E-state index in [2.05, 4.69) is 34.7 Å². The van der Waals surface area contributed by atoms with E-state index in [0.717, 1.165) is 36.6 Å². The number of alkyl halides is 2. The van der Waals surface area contributed by atoms with Gasteiger partial charge in [0.15, 0.2) is 0 Å². The van der Waals surface area contributed by atoms with Gasteiger partial charge in [-0.05, 0) is 43.5 Å². The molecule has 0 fully saturated rings. The molecule has 0 saturated carbocycles. The van der Waals surface area contributed by atoms with Gasteiger partial charge in [0.1, 0.15) is 0 Å². The number of rotatable bonds is 8. The van der Waals surface area contributed by atoms with Crippen molar-refractivity contribution in [3.05, 3.63) is 71.1 Å². The van der Waals surface area contributed by atoms with E-state index in [4.69, 9.17) is 0 Å². The topological polar surface area (TPSA) is 36.4 Å². The molecule has 5 heteroatoms. The number of allylic oxidation sites excluding steroid dienone is 2. The van der Waals surface area contributed by atoms with Gasteiger partial charge < -0.3 is 10.6 Å². The average molecular weight is 359 g/mol. The summed E-state index contributed by atoms with van der Waals surface area (Å²) in [4.78, 5) is 4.49. The number of likely N-dealkylation sites (N-methyl/N-ethyl adjacent to an activating group) is 1. The Kier molecular flexibility index (Phi) is 7.27. The summed E-state index contributed by atoms with van der Waals surface area (Å²) in [5.74, 6) is -2.84. The SMILES string of the molecule is CCCC=CC1=C(C=NCc2cccc(C(C)(F)F)c2)C(NC)C=CN1. The lowest BCUT2D eigenvalue weighted by atomic mass is 10.0. The molecular formula is C21H27F2N3. The highest BCUT2D eigenvalue weighted by Gasteiger charge is 2.24. The summed E-state index contributed by atoms with van der Waals surface area (Å²) in [5, 5.41) is 6.50. The smallest absolute Gasteiger partial charge is 0.270 e. The monoisotopic (exact) mass is 359 g/mol. The van der Waals surface area contributed by atoms with Crippen LogP contribution in [0.4, 0.5) is 8.78 Å². The molecule has 1 aliphatic heterocycles. The van der Waals surface area contributed by atoms with Crippen LogP contribution in [0, 0.1) is 0 Å². The summed E-state index contributed by atoms with van der Waals surface area (Å²) in [5.41, 5.74) is 2.81. The van der Waals surface area contributed by atoms with E-state index in [1.165, 1.54) is 12.1 Å². The number of halogens is 2. The van der Waals surface area contributed by atoms with Crippen LogP contribution in [0.5, 0.6) is 0 Å². The van der Waals surface area contributed by atoms with Crippen molar-refractivity contribution in [2.45, 2.75) is 45.2 Å². The number of benzene rings is 1. The molecule has 0 saturated heterocycles. The fourth-order valence-corrected chi connectivity index (χ4v) is 2.69. The third-order valence-corrected chi connectivity index (χ3v) is 4.16. The van der Waals surface area contributed by atoms with Gasteiger partial charge in [-0.25, -0.2) is 8.78 Å². The van der Waals surface area contributed by atoms with E-state index < -0.39 is 5.92 Å². The molecule has 0 aliphatic carbocycles. The normalized spacial score (nSPS) is 18.1. The lowest BCUT2D eigenvalue weighted by molar-refractivity contribution is 0.0174. The highest BCUT2D eigenvalue weighted by atomic mass is 19.3. The number of dihydropyridines is 1. The first kappa shape index (κ1) is 20.0. The molecule has 2 N–H and O–H groups in total. The summed E-state index contributed by atoms with van der Waals surface area (Å²) in [7, 11) is 1.90. The second-order valence-corrected chi connectivity index (χ2v) is 6.39. The Morgan fingerprint density at radius 2 is 2.15 bits per heavy atom. The summed E-state index contributed by atoms with van der Waals surface area (Å²) in [6.45, 7) is 3.41. The zero-order valence-corrected chi connectivity index (χ0v) is 15.6. The zero-order chi connectivity index (χ0) is 19.0. The van der Waals surface area contributed by atoms with Gasteiger partial charge in [-0.15, -0.1) is 0 Å². The van der Waals surface area contributed by atoms with Gasteiger partial charge >= 0.3 is 0 Å². The van der Waals surface area contributed by atoms with Crippen molar-refractivity contribution in [1.29, 1.82) is 0 Å². The first-order valence-corrected chi connectivity index (χ1v) is 8.94. The number of hydrogen-bond donors (Lipinski definition) is 2. The molecule has 1 aliphatic rings. The highest BCUT2D eigenvalue weighted by Crippen LogP contribution is 2.27. The standard InChI is InChI=1S/C21H27F2N3/c1-4-5-6-10-20-18(19(24-3)11-12-26-20)15-25-14-16-8-7-9-17(13-16)21(2,22)23/h6-13,15,19,24,26H,4-5,14H2,1-3H3. The minimum Gasteiger partial charge on any atom is -0.362 e. The van der Waals surface area contributed by atoms with E-state index in [0.29, 0.717) is 6.54 Å². The molecule has 0 radical (unpaired) electrons. The number of nitrogens with one attached hydrogen (secondary N) is 2. The van der Waals surface area contributed by atoms with Crippen molar-refractivity contribution in [1.82, 2.24) is 10.6 Å². The fourth-order valence-electron chi connectivity index (χ4n) is 2.69. The maximum Gasteiger partial charge on any atom is 0.270 e. The molecule has 0 bridgehead atoms. The second-order valence-electron chi connectivity index (χ2n) is 6.39. The van der Waals surface area contributed by atoms with Crippen molar-refractivity contribution < 1.29 is 8.78 Å². The van der Waals surface area contributed by atoms with E-state index in [1.54, 1.807) is 6.07 Å². The van der Waals surface area contributed by atoms with Gasteiger partial charge in [-0.1, -0.05) is 37.6 Å². The molecular weight excluding hydrogens is 332 g/mol. The first-order valence-electron chi connectivity index (χ1n) is 8.94. The molecule has 140 valence electrons. The van der Waals surface area contributed by atoms with Gasteiger partial charge in [0.2, 0.25) is 0 Å². The van der Waals surface area contributed by atoms with Crippen molar-refractivity contribution >= 4 is 6.21 Å². The minimum absolute atomic E-state index is 0.0166. The molecule has 0 aromatic heterocycles. The summed E-state index contributed by atoms with van der Waals surface area (Å²) >= 11 is 0. The molecule has 1 aromatic rings. The van der Waals surface area contributed by atoms with E-state index in [-0.39, 0.29) is 11.6 Å². The van der Waals surface area contributed by atoms with Crippen LogP contribution in [0.1, 0.15) is 37.8 Å². The van der Waals surface area contributed by atoms with Gasteiger partial charge in [0.05, 0.1) is 12.6 Å². The largest absolute Gasteiger partial charge is 0.362 e. The van der Waals surface area contributed by atoms with Crippen molar-refractivity contribution in [2.24, 2.45) is 4.99 Å². The fraction of sp³-hybridized carbons (Fsp3) is 0.381. The molecule has 26 heavy (non-hydrogen) atoms. The van der Waals surface area contributed by atoms with Crippen molar-refractivity contribution in [3.8, 4) is 0 Å². The Labute approximate surface area is 154 Å². The molecule has 1 heterocycles. The number of unbranched alkanes of at least 4 members (excludes halogenated alkanes) is 1. The third kappa shape index (κ3) is 5.63.